The minimum atomic E-state index is -0.937. The Bertz CT molecular complexity index is 649. The van der Waals surface area contributed by atoms with Crippen LogP contribution in [0.5, 0.6) is 0 Å². The van der Waals surface area contributed by atoms with Crippen LogP contribution in [-0.4, -0.2) is 11.0 Å². The van der Waals surface area contributed by atoms with Crippen LogP contribution in [-0.2, 0) is 0 Å². The quantitative estimate of drug-likeness (QED) is 0.908. The van der Waals surface area contributed by atoms with E-state index in [4.69, 9.17) is 0 Å². The van der Waals surface area contributed by atoms with Crippen molar-refractivity contribution in [3.05, 3.63) is 65.5 Å². The van der Waals surface area contributed by atoms with E-state index in [1.807, 2.05) is 19.1 Å². The Hall–Kier alpha value is -2.50. The fourth-order valence-corrected chi connectivity index (χ4v) is 2.01. The van der Waals surface area contributed by atoms with Gasteiger partial charge in [-0.05, 0) is 43.7 Å². The molecule has 0 aliphatic rings. The van der Waals surface area contributed by atoms with E-state index in [0.717, 1.165) is 17.8 Å². The van der Waals surface area contributed by atoms with E-state index in [0.29, 0.717) is 5.56 Å². The molecule has 0 saturated heterocycles. The molecule has 0 bridgehead atoms. The zero-order chi connectivity index (χ0) is 16.1. The highest BCUT2D eigenvalue weighted by molar-refractivity contribution is 5.74. The molecule has 2 rings (SSSR count). The topological polar surface area (TPSA) is 54.0 Å². The van der Waals surface area contributed by atoms with E-state index in [1.165, 1.54) is 6.07 Å². The SMILES string of the molecule is C[C@H](NC(=O)N[C@H](C)c1ccccn1)c1ccc(F)c(F)c1. The summed E-state index contributed by atoms with van der Waals surface area (Å²) in [7, 11) is 0. The summed E-state index contributed by atoms with van der Waals surface area (Å²) in [5.74, 6) is -1.85. The molecule has 0 radical (unpaired) electrons. The molecular weight excluding hydrogens is 288 g/mol. The number of hydrogen-bond donors (Lipinski definition) is 2. The standard InChI is InChI=1S/C16H17F2N3O/c1-10(12-6-7-13(17)14(18)9-12)20-16(22)21-11(2)15-5-3-4-8-19-15/h3-11H,1-2H3,(H2,20,21,22)/t10-,11+/m0/s1. The minimum Gasteiger partial charge on any atom is -0.332 e. The second-order valence-corrected chi connectivity index (χ2v) is 4.99. The number of urea groups is 1. The Morgan fingerprint density at radius 3 is 2.41 bits per heavy atom. The average Bonchev–Trinajstić information content (AvgIpc) is 2.50. The van der Waals surface area contributed by atoms with Crippen LogP contribution >= 0.6 is 0 Å². The summed E-state index contributed by atoms with van der Waals surface area (Å²) < 4.78 is 26.1. The van der Waals surface area contributed by atoms with Crippen LogP contribution in [0.2, 0.25) is 0 Å². The summed E-state index contributed by atoms with van der Waals surface area (Å²) in [6.07, 6.45) is 1.65. The van der Waals surface area contributed by atoms with Crippen molar-refractivity contribution in [2.75, 3.05) is 0 Å². The van der Waals surface area contributed by atoms with Gasteiger partial charge in [-0.25, -0.2) is 13.6 Å². The maximum atomic E-state index is 13.2. The second kappa shape index (κ2) is 6.98. The Kier molecular flexibility index (Phi) is 5.04. The fraction of sp³-hybridized carbons (Fsp3) is 0.250. The monoisotopic (exact) mass is 305 g/mol. The second-order valence-electron chi connectivity index (χ2n) is 4.99. The van der Waals surface area contributed by atoms with Gasteiger partial charge in [0.15, 0.2) is 11.6 Å². The number of carbonyl (C=O) groups excluding carboxylic acids is 1. The maximum absolute atomic E-state index is 13.2. The lowest BCUT2D eigenvalue weighted by Gasteiger charge is -2.18. The smallest absolute Gasteiger partial charge is 0.315 e. The molecule has 2 N–H and O–H groups in total. The Morgan fingerprint density at radius 1 is 1.05 bits per heavy atom. The predicted octanol–water partition coefficient (Wildman–Crippen LogP) is 3.48. The number of nitrogens with one attached hydrogen (secondary N) is 2. The number of benzene rings is 1. The molecule has 2 amide bonds. The van der Waals surface area contributed by atoms with Crippen molar-refractivity contribution in [1.82, 2.24) is 15.6 Å². The first kappa shape index (κ1) is 15.9. The van der Waals surface area contributed by atoms with Crippen LogP contribution in [0.3, 0.4) is 0 Å². The summed E-state index contributed by atoms with van der Waals surface area (Å²) in [6, 6.07) is 7.86. The van der Waals surface area contributed by atoms with Gasteiger partial charge in [-0.15, -0.1) is 0 Å². The van der Waals surface area contributed by atoms with Crippen LogP contribution in [0.15, 0.2) is 42.6 Å². The maximum Gasteiger partial charge on any atom is 0.315 e. The van der Waals surface area contributed by atoms with Crippen LogP contribution in [0.25, 0.3) is 0 Å². The molecule has 0 aliphatic carbocycles. The minimum absolute atomic E-state index is 0.265. The molecule has 0 aliphatic heterocycles. The summed E-state index contributed by atoms with van der Waals surface area (Å²) in [5, 5.41) is 5.42. The number of pyridine rings is 1. The third-order valence-electron chi connectivity index (χ3n) is 3.27. The van der Waals surface area contributed by atoms with Gasteiger partial charge < -0.3 is 10.6 Å². The average molecular weight is 305 g/mol. The van der Waals surface area contributed by atoms with E-state index >= 15 is 0 Å². The summed E-state index contributed by atoms with van der Waals surface area (Å²) in [5.41, 5.74) is 1.22. The van der Waals surface area contributed by atoms with Crippen molar-refractivity contribution in [1.29, 1.82) is 0 Å². The van der Waals surface area contributed by atoms with Gasteiger partial charge in [0.2, 0.25) is 0 Å². The summed E-state index contributed by atoms with van der Waals surface area (Å²) in [6.45, 7) is 3.50. The zero-order valence-electron chi connectivity index (χ0n) is 12.3. The molecule has 1 aromatic heterocycles. The van der Waals surface area contributed by atoms with E-state index in [2.05, 4.69) is 15.6 Å². The molecule has 2 aromatic rings. The Morgan fingerprint density at radius 2 is 1.77 bits per heavy atom. The molecule has 6 heteroatoms. The molecule has 4 nitrogen and oxygen atoms in total. The first-order chi connectivity index (χ1) is 10.5. The van der Waals surface area contributed by atoms with Gasteiger partial charge in [-0.1, -0.05) is 12.1 Å². The van der Waals surface area contributed by atoms with Crippen molar-refractivity contribution in [3.63, 3.8) is 0 Å². The van der Waals surface area contributed by atoms with Gasteiger partial charge in [0.05, 0.1) is 17.8 Å². The van der Waals surface area contributed by atoms with Gasteiger partial charge in [0.1, 0.15) is 0 Å². The molecule has 1 aromatic carbocycles. The highest BCUT2D eigenvalue weighted by Crippen LogP contribution is 2.16. The lowest BCUT2D eigenvalue weighted by atomic mass is 10.1. The largest absolute Gasteiger partial charge is 0.332 e. The first-order valence-electron chi connectivity index (χ1n) is 6.90. The van der Waals surface area contributed by atoms with Gasteiger partial charge in [-0.2, -0.15) is 0 Å². The highest BCUT2D eigenvalue weighted by Gasteiger charge is 2.14. The Balaban J connectivity index is 1.95. The van der Waals surface area contributed by atoms with E-state index in [-0.39, 0.29) is 6.04 Å². The van der Waals surface area contributed by atoms with Gasteiger partial charge in [-0.3, -0.25) is 4.98 Å². The highest BCUT2D eigenvalue weighted by atomic mass is 19.2. The lowest BCUT2D eigenvalue weighted by Crippen LogP contribution is -2.38. The molecular formula is C16H17F2N3O. The molecule has 0 spiro atoms. The summed E-state index contributed by atoms with van der Waals surface area (Å²) in [4.78, 5) is 16.1. The van der Waals surface area contributed by atoms with Crippen LogP contribution in [0, 0.1) is 11.6 Å². The van der Waals surface area contributed by atoms with Crippen molar-refractivity contribution >= 4 is 6.03 Å². The van der Waals surface area contributed by atoms with E-state index < -0.39 is 23.7 Å². The summed E-state index contributed by atoms with van der Waals surface area (Å²) >= 11 is 0. The molecule has 1 heterocycles. The molecule has 0 fully saturated rings. The van der Waals surface area contributed by atoms with Crippen LogP contribution < -0.4 is 10.6 Å². The van der Waals surface area contributed by atoms with Crippen molar-refractivity contribution in [2.24, 2.45) is 0 Å². The molecule has 0 unspecified atom stereocenters. The number of aromatic nitrogens is 1. The van der Waals surface area contributed by atoms with Gasteiger partial charge in [0, 0.05) is 6.20 Å². The number of halogens is 2. The van der Waals surface area contributed by atoms with Crippen LogP contribution in [0.4, 0.5) is 13.6 Å². The van der Waals surface area contributed by atoms with Crippen molar-refractivity contribution < 1.29 is 13.6 Å². The van der Waals surface area contributed by atoms with Crippen molar-refractivity contribution in [3.8, 4) is 0 Å². The molecule has 116 valence electrons. The van der Waals surface area contributed by atoms with Crippen LogP contribution in [0.1, 0.15) is 37.2 Å². The first-order valence-corrected chi connectivity index (χ1v) is 6.90. The van der Waals surface area contributed by atoms with Crippen molar-refractivity contribution in [2.45, 2.75) is 25.9 Å². The third kappa shape index (κ3) is 4.00. The third-order valence-corrected chi connectivity index (χ3v) is 3.27. The molecule has 0 saturated carbocycles. The Labute approximate surface area is 127 Å². The normalized spacial score (nSPS) is 13.3. The molecule has 2 atom stereocenters. The van der Waals surface area contributed by atoms with E-state index in [9.17, 15) is 13.6 Å². The number of amides is 2. The van der Waals surface area contributed by atoms with E-state index in [1.54, 1.807) is 19.2 Å². The number of nitrogens with zero attached hydrogens (tertiary/aromatic N) is 1. The predicted molar refractivity (Wildman–Crippen MR) is 79.1 cm³/mol. The lowest BCUT2D eigenvalue weighted by molar-refractivity contribution is 0.234. The zero-order valence-corrected chi connectivity index (χ0v) is 12.3. The van der Waals surface area contributed by atoms with Gasteiger partial charge in [0.25, 0.3) is 0 Å². The molecule has 22 heavy (non-hydrogen) atoms. The van der Waals surface area contributed by atoms with Gasteiger partial charge >= 0.3 is 6.03 Å². The number of carbonyl (C=O) groups is 1. The number of hydrogen-bond acceptors (Lipinski definition) is 2. The number of rotatable bonds is 4. The fourth-order valence-electron chi connectivity index (χ4n) is 2.01.